The number of rotatable bonds is 12. The number of hydrogen-bond donors (Lipinski definition) is 2. The minimum absolute atomic E-state index is 0.199. The van der Waals surface area contributed by atoms with Crippen molar-refractivity contribution in [2.24, 2.45) is 0 Å². The molecule has 0 spiro atoms. The molecule has 0 aromatic carbocycles. The summed E-state index contributed by atoms with van der Waals surface area (Å²) in [6, 6.07) is 0. The van der Waals surface area contributed by atoms with Crippen molar-refractivity contribution in [1.82, 2.24) is 0 Å². The highest BCUT2D eigenvalue weighted by Crippen LogP contribution is 2.34. The first-order valence-electron chi connectivity index (χ1n) is 12.1. The quantitative estimate of drug-likeness (QED) is 0.229. The summed E-state index contributed by atoms with van der Waals surface area (Å²) in [5.41, 5.74) is 2.43. The van der Waals surface area contributed by atoms with Gasteiger partial charge >= 0.3 is 11.9 Å². The van der Waals surface area contributed by atoms with E-state index in [1.165, 1.54) is 34.4 Å². The zero-order chi connectivity index (χ0) is 27.9. The Balaban J connectivity index is 1.83. The first kappa shape index (κ1) is 30.9. The first-order chi connectivity index (χ1) is 17.3. The maximum absolute atomic E-state index is 12.5. The van der Waals surface area contributed by atoms with Crippen molar-refractivity contribution in [2.45, 2.75) is 80.4 Å². The monoisotopic (exact) mass is 568 g/mol. The molecule has 0 bridgehead atoms. The maximum atomic E-state index is 12.5. The van der Waals surface area contributed by atoms with Crippen LogP contribution in [0.4, 0.5) is 10.0 Å². The highest BCUT2D eigenvalue weighted by Gasteiger charge is 2.24. The minimum Gasteiger partial charge on any atom is -0.459 e. The van der Waals surface area contributed by atoms with E-state index in [-0.39, 0.29) is 36.9 Å². The third kappa shape index (κ3) is 8.86. The smallest absolute Gasteiger partial charge is 0.341 e. The Morgan fingerprint density at radius 2 is 1.05 bits per heavy atom. The van der Waals surface area contributed by atoms with Crippen LogP contribution in [0.15, 0.2) is 0 Å². The molecule has 204 valence electrons. The van der Waals surface area contributed by atoms with Crippen molar-refractivity contribution in [1.29, 1.82) is 0 Å². The predicted octanol–water partition coefficient (Wildman–Crippen LogP) is 6.26. The molecular formula is C26H36N2O6S3. The zero-order valence-electron chi connectivity index (χ0n) is 22.7. The number of nitrogens with one attached hydrogen (secondary N) is 2. The molecule has 0 radical (unpaired) electrons. The molecule has 0 unspecified atom stereocenters. The van der Waals surface area contributed by atoms with Gasteiger partial charge in [0.2, 0.25) is 11.8 Å². The lowest BCUT2D eigenvalue weighted by molar-refractivity contribution is -0.116. The number of carbonyl (C=O) groups excluding carboxylic acids is 4. The lowest BCUT2D eigenvalue weighted by Gasteiger charge is -2.11. The van der Waals surface area contributed by atoms with E-state index in [1.54, 1.807) is 27.7 Å². The van der Waals surface area contributed by atoms with Gasteiger partial charge in [-0.25, -0.2) is 9.59 Å². The SMILES string of the molecule is Cc1sc(NC(=O)CCSCCC(=O)Nc2sc(C)c(C)c2C(=O)OC(C)C)c(C(=O)OC(C)C)c1C. The van der Waals surface area contributed by atoms with Crippen LogP contribution >= 0.6 is 34.4 Å². The van der Waals surface area contributed by atoms with E-state index in [9.17, 15) is 19.2 Å². The highest BCUT2D eigenvalue weighted by atomic mass is 32.2. The number of hydrogen-bond acceptors (Lipinski definition) is 9. The molecule has 0 saturated heterocycles. The van der Waals surface area contributed by atoms with Crippen molar-refractivity contribution < 1.29 is 28.7 Å². The van der Waals surface area contributed by atoms with Gasteiger partial charge in [0.15, 0.2) is 0 Å². The van der Waals surface area contributed by atoms with Gasteiger partial charge < -0.3 is 20.1 Å². The van der Waals surface area contributed by atoms with Gasteiger partial charge in [-0.05, 0) is 66.5 Å². The van der Waals surface area contributed by atoms with Crippen molar-refractivity contribution >= 4 is 68.2 Å². The average Bonchev–Trinajstić information content (AvgIpc) is 3.20. The van der Waals surface area contributed by atoms with Crippen LogP contribution in [-0.2, 0) is 19.1 Å². The second-order valence-corrected chi connectivity index (χ2v) is 12.8. The number of esters is 2. The average molecular weight is 569 g/mol. The third-order valence-electron chi connectivity index (χ3n) is 5.32. The summed E-state index contributed by atoms with van der Waals surface area (Å²) in [4.78, 5) is 51.8. The van der Waals surface area contributed by atoms with Crippen LogP contribution in [0.3, 0.4) is 0 Å². The van der Waals surface area contributed by atoms with Crippen LogP contribution < -0.4 is 10.6 Å². The Morgan fingerprint density at radius 1 is 0.703 bits per heavy atom. The molecule has 2 N–H and O–H groups in total. The van der Waals surface area contributed by atoms with Gasteiger partial charge in [0, 0.05) is 34.1 Å². The van der Waals surface area contributed by atoms with E-state index in [2.05, 4.69) is 10.6 Å². The van der Waals surface area contributed by atoms with E-state index < -0.39 is 11.9 Å². The van der Waals surface area contributed by atoms with E-state index in [0.29, 0.717) is 32.6 Å². The van der Waals surface area contributed by atoms with Crippen LogP contribution in [0.5, 0.6) is 0 Å². The van der Waals surface area contributed by atoms with Crippen LogP contribution in [-0.4, -0.2) is 47.5 Å². The third-order valence-corrected chi connectivity index (χ3v) is 8.55. The summed E-state index contributed by atoms with van der Waals surface area (Å²) in [5.74, 6) is -0.229. The number of anilines is 2. The molecule has 2 rings (SSSR count). The molecule has 2 heterocycles. The topological polar surface area (TPSA) is 111 Å². The van der Waals surface area contributed by atoms with E-state index in [1.807, 2.05) is 27.7 Å². The van der Waals surface area contributed by atoms with Crippen molar-refractivity contribution in [2.75, 3.05) is 22.1 Å². The molecular weight excluding hydrogens is 532 g/mol. The first-order valence-corrected chi connectivity index (χ1v) is 14.9. The summed E-state index contributed by atoms with van der Waals surface area (Å²) >= 11 is 4.20. The molecule has 0 aliphatic rings. The summed E-state index contributed by atoms with van der Waals surface area (Å²) in [5, 5.41) is 6.69. The summed E-state index contributed by atoms with van der Waals surface area (Å²) in [6.07, 6.45) is -0.0135. The Morgan fingerprint density at radius 3 is 1.38 bits per heavy atom. The molecule has 0 atom stereocenters. The number of aryl methyl sites for hydroxylation is 2. The molecule has 8 nitrogen and oxygen atoms in total. The largest absolute Gasteiger partial charge is 0.459 e. The van der Waals surface area contributed by atoms with Gasteiger partial charge in [-0.2, -0.15) is 11.8 Å². The van der Waals surface area contributed by atoms with Gasteiger partial charge in [0.25, 0.3) is 0 Å². The second kappa shape index (κ2) is 14.0. The molecule has 0 aliphatic carbocycles. The Labute approximate surface area is 230 Å². The summed E-state index contributed by atoms with van der Waals surface area (Å²) in [6.45, 7) is 14.6. The number of thioether (sulfide) groups is 1. The molecule has 2 aromatic rings. The summed E-state index contributed by atoms with van der Waals surface area (Å²) < 4.78 is 10.7. The van der Waals surface area contributed by atoms with Gasteiger partial charge in [-0.3, -0.25) is 9.59 Å². The van der Waals surface area contributed by atoms with Crippen LogP contribution in [0, 0.1) is 27.7 Å². The zero-order valence-corrected chi connectivity index (χ0v) is 25.1. The van der Waals surface area contributed by atoms with Crippen LogP contribution in [0.1, 0.15) is 82.1 Å². The standard InChI is InChI=1S/C26H36N2O6S3/c1-13(2)33-25(31)21-15(5)17(7)36-23(21)27-19(29)9-11-35-12-10-20(30)28-24-22(16(6)18(8)37-24)26(32)34-14(3)4/h13-14H,9-12H2,1-8H3,(H,27,29)(H,28,30). The maximum Gasteiger partial charge on any atom is 0.341 e. The molecule has 37 heavy (non-hydrogen) atoms. The van der Waals surface area contributed by atoms with Crippen LogP contribution in [0.25, 0.3) is 0 Å². The van der Waals surface area contributed by atoms with E-state index in [4.69, 9.17) is 9.47 Å². The molecule has 0 saturated carbocycles. The number of thiophene rings is 2. The molecule has 2 amide bonds. The van der Waals surface area contributed by atoms with Crippen molar-refractivity contribution in [3.8, 4) is 0 Å². The van der Waals surface area contributed by atoms with E-state index >= 15 is 0 Å². The second-order valence-electron chi connectivity index (χ2n) is 9.09. The molecule has 0 aliphatic heterocycles. The Kier molecular flexibility index (Phi) is 11.6. The van der Waals surface area contributed by atoms with Gasteiger partial charge in [0.1, 0.15) is 10.0 Å². The minimum atomic E-state index is -0.440. The van der Waals surface area contributed by atoms with Gasteiger partial charge in [-0.15, -0.1) is 22.7 Å². The number of ether oxygens (including phenoxy) is 2. The fraction of sp³-hybridized carbons (Fsp3) is 0.538. The fourth-order valence-electron chi connectivity index (χ4n) is 3.28. The van der Waals surface area contributed by atoms with Gasteiger partial charge in [-0.1, -0.05) is 0 Å². The lowest BCUT2D eigenvalue weighted by Crippen LogP contribution is -2.17. The van der Waals surface area contributed by atoms with E-state index in [0.717, 1.165) is 20.9 Å². The predicted molar refractivity (Wildman–Crippen MR) is 153 cm³/mol. The number of carbonyl (C=O) groups is 4. The van der Waals surface area contributed by atoms with Crippen molar-refractivity contribution in [3.63, 3.8) is 0 Å². The normalized spacial score (nSPS) is 11.1. The Hall–Kier alpha value is -2.37. The van der Waals surface area contributed by atoms with Crippen LogP contribution in [0.2, 0.25) is 0 Å². The Bertz CT molecular complexity index is 1060. The molecule has 11 heteroatoms. The fourth-order valence-corrected chi connectivity index (χ4v) is 6.27. The van der Waals surface area contributed by atoms with Crippen molar-refractivity contribution in [3.05, 3.63) is 32.0 Å². The highest BCUT2D eigenvalue weighted by molar-refractivity contribution is 7.99. The lowest BCUT2D eigenvalue weighted by atomic mass is 10.1. The number of amides is 2. The molecule has 2 aromatic heterocycles. The molecule has 0 fully saturated rings. The van der Waals surface area contributed by atoms with Gasteiger partial charge in [0.05, 0.1) is 23.3 Å². The summed E-state index contributed by atoms with van der Waals surface area (Å²) in [7, 11) is 0.